The minimum Gasteiger partial charge on any atom is -0.491 e. The van der Waals surface area contributed by atoms with E-state index in [4.69, 9.17) is 16.3 Å². The van der Waals surface area contributed by atoms with Gasteiger partial charge in [0.1, 0.15) is 18.2 Å². The number of rotatable bonds is 4. The summed E-state index contributed by atoms with van der Waals surface area (Å²) in [5, 5.41) is 3.58. The van der Waals surface area contributed by atoms with Crippen molar-refractivity contribution < 1.29 is 9.13 Å². The molecule has 0 saturated carbocycles. The van der Waals surface area contributed by atoms with Crippen molar-refractivity contribution in [3.8, 4) is 5.75 Å². The Bertz CT molecular complexity index is 349. The molecule has 0 radical (unpaired) electrons. The van der Waals surface area contributed by atoms with Gasteiger partial charge in [-0.15, -0.1) is 0 Å². The molecule has 0 aliphatic rings. The molecule has 4 heteroatoms. The van der Waals surface area contributed by atoms with Crippen LogP contribution in [-0.2, 0) is 0 Å². The zero-order valence-corrected chi connectivity index (χ0v) is 10.6. The van der Waals surface area contributed by atoms with E-state index in [0.717, 1.165) is 6.54 Å². The number of ether oxygens (including phenoxy) is 1. The third kappa shape index (κ3) is 4.81. The Morgan fingerprint density at radius 2 is 2.06 bits per heavy atom. The van der Waals surface area contributed by atoms with Crippen LogP contribution < -0.4 is 10.1 Å². The van der Waals surface area contributed by atoms with Gasteiger partial charge in [0, 0.05) is 12.1 Å². The molecule has 0 amide bonds. The van der Waals surface area contributed by atoms with E-state index in [-0.39, 0.29) is 11.4 Å². The highest BCUT2D eigenvalue weighted by atomic mass is 35.5. The summed E-state index contributed by atoms with van der Waals surface area (Å²) in [4.78, 5) is 0. The fraction of sp³-hybridized carbons (Fsp3) is 0.500. The molecule has 0 saturated heterocycles. The topological polar surface area (TPSA) is 21.3 Å². The highest BCUT2D eigenvalue weighted by Crippen LogP contribution is 2.24. The smallest absolute Gasteiger partial charge is 0.138 e. The van der Waals surface area contributed by atoms with Crippen LogP contribution in [-0.4, -0.2) is 18.7 Å². The second kappa shape index (κ2) is 5.51. The van der Waals surface area contributed by atoms with Gasteiger partial charge in [-0.1, -0.05) is 11.6 Å². The maximum atomic E-state index is 12.7. The molecular formula is C12H17ClFNO. The molecule has 0 spiro atoms. The van der Waals surface area contributed by atoms with Crippen LogP contribution in [0.5, 0.6) is 5.75 Å². The molecule has 1 N–H and O–H groups in total. The van der Waals surface area contributed by atoms with Crippen LogP contribution >= 0.6 is 11.6 Å². The molecule has 1 aromatic rings. The first-order valence-electron chi connectivity index (χ1n) is 5.21. The Labute approximate surface area is 101 Å². The van der Waals surface area contributed by atoms with Gasteiger partial charge in [-0.3, -0.25) is 0 Å². The fourth-order valence-corrected chi connectivity index (χ4v) is 1.40. The molecule has 1 rings (SSSR count). The van der Waals surface area contributed by atoms with Crippen molar-refractivity contribution in [1.29, 1.82) is 0 Å². The Balaban J connectivity index is 2.38. The summed E-state index contributed by atoms with van der Waals surface area (Å²) in [5.41, 5.74) is 0.0654. The zero-order valence-electron chi connectivity index (χ0n) is 9.81. The van der Waals surface area contributed by atoms with Crippen molar-refractivity contribution in [3.05, 3.63) is 29.0 Å². The lowest BCUT2D eigenvalue weighted by Crippen LogP contribution is -2.38. The highest BCUT2D eigenvalue weighted by Gasteiger charge is 2.08. The number of hydrogen-bond donors (Lipinski definition) is 1. The molecule has 0 unspecified atom stereocenters. The third-order valence-electron chi connectivity index (χ3n) is 1.91. The summed E-state index contributed by atoms with van der Waals surface area (Å²) in [6, 6.07) is 4.11. The molecule has 0 aromatic heterocycles. The maximum absolute atomic E-state index is 12.7. The van der Waals surface area contributed by atoms with Crippen molar-refractivity contribution in [3.63, 3.8) is 0 Å². The predicted molar refractivity (Wildman–Crippen MR) is 64.7 cm³/mol. The average Bonchev–Trinajstić information content (AvgIpc) is 2.13. The van der Waals surface area contributed by atoms with Gasteiger partial charge >= 0.3 is 0 Å². The molecule has 0 bridgehead atoms. The van der Waals surface area contributed by atoms with Crippen molar-refractivity contribution in [2.45, 2.75) is 26.3 Å². The van der Waals surface area contributed by atoms with Gasteiger partial charge in [0.2, 0.25) is 0 Å². The van der Waals surface area contributed by atoms with E-state index in [1.165, 1.54) is 18.2 Å². The van der Waals surface area contributed by atoms with E-state index >= 15 is 0 Å². The largest absolute Gasteiger partial charge is 0.491 e. The summed E-state index contributed by atoms with van der Waals surface area (Å²) in [6.07, 6.45) is 0. The minimum absolute atomic E-state index is 0.0654. The number of hydrogen-bond acceptors (Lipinski definition) is 2. The van der Waals surface area contributed by atoms with Crippen molar-refractivity contribution in [2.75, 3.05) is 13.2 Å². The van der Waals surface area contributed by atoms with Crippen LogP contribution in [0.2, 0.25) is 5.02 Å². The predicted octanol–water partition coefficient (Wildman–Crippen LogP) is 3.25. The van der Waals surface area contributed by atoms with Gasteiger partial charge in [0.25, 0.3) is 0 Å². The SMILES string of the molecule is CC(C)(C)NCCOc1ccc(F)cc1Cl. The molecule has 16 heavy (non-hydrogen) atoms. The van der Waals surface area contributed by atoms with Gasteiger partial charge < -0.3 is 10.1 Å². The number of nitrogens with one attached hydrogen (secondary N) is 1. The van der Waals surface area contributed by atoms with Crippen LogP contribution in [0.15, 0.2) is 18.2 Å². The monoisotopic (exact) mass is 245 g/mol. The van der Waals surface area contributed by atoms with Crippen LogP contribution in [0, 0.1) is 5.82 Å². The molecular weight excluding hydrogens is 229 g/mol. The maximum Gasteiger partial charge on any atom is 0.138 e. The molecule has 2 nitrogen and oxygen atoms in total. The van der Waals surface area contributed by atoms with Crippen molar-refractivity contribution in [2.24, 2.45) is 0 Å². The van der Waals surface area contributed by atoms with Gasteiger partial charge in [-0.25, -0.2) is 4.39 Å². The normalized spacial score (nSPS) is 11.6. The van der Waals surface area contributed by atoms with Gasteiger partial charge in [0.05, 0.1) is 5.02 Å². The molecule has 90 valence electrons. The van der Waals surface area contributed by atoms with E-state index in [9.17, 15) is 4.39 Å². The molecule has 0 aliphatic carbocycles. The standard InChI is InChI=1S/C12H17ClFNO/c1-12(2,3)15-6-7-16-11-5-4-9(14)8-10(11)13/h4-5,8,15H,6-7H2,1-3H3. The molecule has 0 fully saturated rings. The minimum atomic E-state index is -0.356. The van der Waals surface area contributed by atoms with E-state index in [1.807, 2.05) is 0 Å². The Kier molecular flexibility index (Phi) is 4.56. The van der Waals surface area contributed by atoms with E-state index in [1.54, 1.807) is 0 Å². The average molecular weight is 246 g/mol. The summed E-state index contributed by atoms with van der Waals surface area (Å²) in [7, 11) is 0. The van der Waals surface area contributed by atoms with Crippen LogP contribution in [0.1, 0.15) is 20.8 Å². The second-order valence-corrected chi connectivity index (χ2v) is 5.01. The van der Waals surface area contributed by atoms with E-state index < -0.39 is 0 Å². The summed E-state index contributed by atoms with van der Waals surface area (Å²) in [6.45, 7) is 7.47. The quantitative estimate of drug-likeness (QED) is 0.823. The molecule has 0 aliphatic heterocycles. The van der Waals surface area contributed by atoms with Crippen LogP contribution in [0.25, 0.3) is 0 Å². The highest BCUT2D eigenvalue weighted by molar-refractivity contribution is 6.32. The van der Waals surface area contributed by atoms with Crippen molar-refractivity contribution in [1.82, 2.24) is 5.32 Å². The number of benzene rings is 1. The molecule has 0 heterocycles. The third-order valence-corrected chi connectivity index (χ3v) is 2.20. The first-order valence-corrected chi connectivity index (χ1v) is 5.59. The van der Waals surface area contributed by atoms with E-state index in [2.05, 4.69) is 26.1 Å². The van der Waals surface area contributed by atoms with E-state index in [0.29, 0.717) is 17.4 Å². The van der Waals surface area contributed by atoms with Crippen molar-refractivity contribution >= 4 is 11.6 Å². The first-order chi connectivity index (χ1) is 7.38. The van der Waals surface area contributed by atoms with Gasteiger partial charge in [0.15, 0.2) is 0 Å². The second-order valence-electron chi connectivity index (χ2n) is 4.60. The first kappa shape index (κ1) is 13.3. The Morgan fingerprint density at radius 1 is 1.38 bits per heavy atom. The molecule has 1 aromatic carbocycles. The summed E-state index contributed by atoms with van der Waals surface area (Å²) < 4.78 is 18.2. The lowest BCUT2D eigenvalue weighted by Gasteiger charge is -2.20. The summed E-state index contributed by atoms with van der Waals surface area (Å²) >= 11 is 5.81. The summed E-state index contributed by atoms with van der Waals surface area (Å²) in [5.74, 6) is 0.156. The Hall–Kier alpha value is -0.800. The lowest BCUT2D eigenvalue weighted by molar-refractivity contribution is 0.291. The zero-order chi connectivity index (χ0) is 12.2. The van der Waals surface area contributed by atoms with Crippen LogP contribution in [0.4, 0.5) is 4.39 Å². The van der Waals surface area contributed by atoms with Crippen LogP contribution in [0.3, 0.4) is 0 Å². The Morgan fingerprint density at radius 3 is 2.62 bits per heavy atom. The molecule has 0 atom stereocenters. The van der Waals surface area contributed by atoms with Gasteiger partial charge in [-0.2, -0.15) is 0 Å². The fourth-order valence-electron chi connectivity index (χ4n) is 1.18. The number of halogens is 2. The lowest BCUT2D eigenvalue weighted by atomic mass is 10.1. The van der Waals surface area contributed by atoms with Gasteiger partial charge in [-0.05, 0) is 39.0 Å².